The number of carbonyl (C=O) groups excluding carboxylic acids is 1. The fourth-order valence-electron chi connectivity index (χ4n) is 1.92. The van der Waals surface area contributed by atoms with Crippen LogP contribution < -0.4 is 0 Å². The van der Waals surface area contributed by atoms with Crippen molar-refractivity contribution < 1.29 is 13.2 Å². The molecule has 0 aliphatic carbocycles. The third kappa shape index (κ3) is 3.34. The first-order valence-corrected chi connectivity index (χ1v) is 8.35. The van der Waals surface area contributed by atoms with Crippen LogP contribution >= 0.6 is 11.6 Å². The molecule has 110 valence electrons. The van der Waals surface area contributed by atoms with Gasteiger partial charge in [-0.1, -0.05) is 29.3 Å². The number of halogens is 1. The van der Waals surface area contributed by atoms with Gasteiger partial charge in [-0.05, 0) is 50.2 Å². The van der Waals surface area contributed by atoms with Gasteiger partial charge in [0.05, 0.1) is 4.90 Å². The Morgan fingerprint density at radius 2 is 1.52 bits per heavy atom. The second kappa shape index (κ2) is 6.00. The molecule has 2 aromatic rings. The number of ketones is 1. The minimum Gasteiger partial charge on any atom is -0.293 e. The summed E-state index contributed by atoms with van der Waals surface area (Å²) in [4.78, 5) is 12.5. The number of benzene rings is 2. The molecule has 0 saturated carbocycles. The van der Waals surface area contributed by atoms with Crippen molar-refractivity contribution in [2.45, 2.75) is 24.0 Å². The lowest BCUT2D eigenvalue weighted by Crippen LogP contribution is -2.27. The zero-order valence-corrected chi connectivity index (χ0v) is 13.3. The molecule has 0 heterocycles. The zero-order valence-electron chi connectivity index (χ0n) is 11.7. The third-order valence-corrected chi connectivity index (χ3v) is 5.64. The quantitative estimate of drug-likeness (QED) is 0.807. The van der Waals surface area contributed by atoms with Crippen LogP contribution in [-0.4, -0.2) is 19.5 Å². The first-order chi connectivity index (χ1) is 9.82. The summed E-state index contributed by atoms with van der Waals surface area (Å²) in [6.07, 6.45) is 0. The molecule has 21 heavy (non-hydrogen) atoms. The lowest BCUT2D eigenvalue weighted by atomic mass is 10.1. The van der Waals surface area contributed by atoms with E-state index in [0.29, 0.717) is 10.6 Å². The normalized spacial score (nSPS) is 12.9. The van der Waals surface area contributed by atoms with Crippen molar-refractivity contribution in [3.8, 4) is 0 Å². The molecule has 2 rings (SSSR count). The molecule has 0 aliphatic heterocycles. The van der Waals surface area contributed by atoms with Crippen LogP contribution in [0.1, 0.15) is 22.8 Å². The van der Waals surface area contributed by atoms with Gasteiger partial charge in [-0.25, -0.2) is 8.42 Å². The van der Waals surface area contributed by atoms with E-state index in [2.05, 4.69) is 0 Å². The van der Waals surface area contributed by atoms with Crippen LogP contribution in [0.25, 0.3) is 0 Å². The van der Waals surface area contributed by atoms with E-state index < -0.39 is 20.9 Å². The standard InChI is InChI=1S/C16H15ClO3S/c1-11-3-9-15(10-4-11)21(19,20)12(2)16(18)13-5-7-14(17)8-6-13/h3-10,12H,1-2H3/t12-/m0/s1. The number of aryl methyl sites for hydroxylation is 1. The van der Waals surface area contributed by atoms with Crippen molar-refractivity contribution in [2.75, 3.05) is 0 Å². The van der Waals surface area contributed by atoms with Gasteiger partial charge in [0.15, 0.2) is 15.6 Å². The molecule has 0 aliphatic rings. The molecule has 5 heteroatoms. The van der Waals surface area contributed by atoms with Gasteiger partial charge in [0, 0.05) is 10.6 Å². The number of carbonyl (C=O) groups is 1. The largest absolute Gasteiger partial charge is 0.293 e. The van der Waals surface area contributed by atoms with E-state index in [9.17, 15) is 13.2 Å². The number of rotatable bonds is 4. The van der Waals surface area contributed by atoms with Gasteiger partial charge in [0.1, 0.15) is 5.25 Å². The van der Waals surface area contributed by atoms with Gasteiger partial charge >= 0.3 is 0 Å². The summed E-state index contributed by atoms with van der Waals surface area (Å²) in [7, 11) is -3.70. The Hall–Kier alpha value is -1.65. The van der Waals surface area contributed by atoms with Crippen LogP contribution in [0.2, 0.25) is 5.02 Å². The Bertz CT molecular complexity index is 747. The van der Waals surface area contributed by atoms with E-state index >= 15 is 0 Å². The van der Waals surface area contributed by atoms with Crippen molar-refractivity contribution in [3.63, 3.8) is 0 Å². The van der Waals surface area contributed by atoms with Gasteiger partial charge < -0.3 is 0 Å². The average Bonchev–Trinajstić information content (AvgIpc) is 2.47. The Morgan fingerprint density at radius 3 is 2.05 bits per heavy atom. The highest BCUT2D eigenvalue weighted by atomic mass is 35.5. The number of sulfone groups is 1. The highest BCUT2D eigenvalue weighted by molar-refractivity contribution is 7.92. The molecule has 2 aromatic carbocycles. The van der Waals surface area contributed by atoms with Crippen LogP contribution in [0.15, 0.2) is 53.4 Å². The molecule has 3 nitrogen and oxygen atoms in total. The molecule has 0 aromatic heterocycles. The summed E-state index contributed by atoms with van der Waals surface area (Å²) in [6, 6.07) is 12.7. The van der Waals surface area contributed by atoms with E-state index in [1.165, 1.54) is 31.2 Å². The summed E-state index contributed by atoms with van der Waals surface area (Å²) in [5.41, 5.74) is 1.30. The summed E-state index contributed by atoms with van der Waals surface area (Å²) in [5, 5.41) is -0.637. The van der Waals surface area contributed by atoms with E-state index in [1.807, 2.05) is 6.92 Å². The molecule has 0 radical (unpaired) electrons. The smallest absolute Gasteiger partial charge is 0.188 e. The van der Waals surface area contributed by atoms with Gasteiger partial charge in [-0.3, -0.25) is 4.79 Å². The summed E-state index contributed by atoms with van der Waals surface area (Å²) < 4.78 is 25.0. The molecule has 0 unspecified atom stereocenters. The maximum Gasteiger partial charge on any atom is 0.188 e. The number of hydrogen-bond acceptors (Lipinski definition) is 3. The average molecular weight is 323 g/mol. The first kappa shape index (κ1) is 15.7. The highest BCUT2D eigenvalue weighted by Crippen LogP contribution is 2.20. The SMILES string of the molecule is Cc1ccc(S(=O)(=O)[C@@H](C)C(=O)c2ccc(Cl)cc2)cc1. The molecule has 0 fully saturated rings. The Balaban J connectivity index is 2.33. The highest BCUT2D eigenvalue weighted by Gasteiger charge is 2.30. The van der Waals surface area contributed by atoms with Gasteiger partial charge in [-0.2, -0.15) is 0 Å². The Kier molecular flexibility index (Phi) is 4.49. The minimum absolute atomic E-state index is 0.155. The van der Waals surface area contributed by atoms with Gasteiger partial charge in [0.25, 0.3) is 0 Å². The number of hydrogen-bond donors (Lipinski definition) is 0. The van der Waals surface area contributed by atoms with E-state index in [1.54, 1.807) is 24.3 Å². The molecule has 0 bridgehead atoms. The molecule has 0 saturated heterocycles. The van der Waals surface area contributed by atoms with Gasteiger partial charge in [-0.15, -0.1) is 0 Å². The second-order valence-electron chi connectivity index (χ2n) is 4.87. The van der Waals surface area contributed by atoms with Crippen molar-refractivity contribution in [1.82, 2.24) is 0 Å². The van der Waals surface area contributed by atoms with Crippen LogP contribution in [0.3, 0.4) is 0 Å². The topological polar surface area (TPSA) is 51.2 Å². The van der Waals surface area contributed by atoms with Crippen molar-refractivity contribution >= 4 is 27.2 Å². The van der Waals surface area contributed by atoms with Crippen LogP contribution in [0, 0.1) is 6.92 Å². The fraction of sp³-hybridized carbons (Fsp3) is 0.188. The van der Waals surface area contributed by atoms with E-state index in [4.69, 9.17) is 11.6 Å². The maximum atomic E-state index is 12.5. The summed E-state index contributed by atoms with van der Waals surface area (Å²) in [5.74, 6) is -0.438. The van der Waals surface area contributed by atoms with E-state index in [-0.39, 0.29) is 4.90 Å². The fourth-order valence-corrected chi connectivity index (χ4v) is 3.39. The molecule has 1 atom stereocenters. The van der Waals surface area contributed by atoms with Crippen molar-refractivity contribution in [3.05, 3.63) is 64.7 Å². The lowest BCUT2D eigenvalue weighted by molar-refractivity contribution is 0.0991. The summed E-state index contributed by atoms with van der Waals surface area (Å²) >= 11 is 5.77. The molecular weight excluding hydrogens is 308 g/mol. The molecule has 0 amide bonds. The van der Waals surface area contributed by atoms with Gasteiger partial charge in [0.2, 0.25) is 0 Å². The van der Waals surface area contributed by atoms with E-state index in [0.717, 1.165) is 5.56 Å². The minimum atomic E-state index is -3.70. The summed E-state index contributed by atoms with van der Waals surface area (Å²) in [6.45, 7) is 3.28. The second-order valence-corrected chi connectivity index (χ2v) is 7.58. The lowest BCUT2D eigenvalue weighted by Gasteiger charge is -2.12. The third-order valence-electron chi connectivity index (χ3n) is 3.31. The van der Waals surface area contributed by atoms with Crippen molar-refractivity contribution in [2.24, 2.45) is 0 Å². The van der Waals surface area contributed by atoms with Crippen LogP contribution in [0.4, 0.5) is 0 Å². The maximum absolute atomic E-state index is 12.5. The molecule has 0 spiro atoms. The molecule has 0 N–H and O–H groups in total. The number of Topliss-reactive ketones (excluding diaryl/α,β-unsaturated/α-hetero) is 1. The van der Waals surface area contributed by atoms with Crippen LogP contribution in [0.5, 0.6) is 0 Å². The van der Waals surface area contributed by atoms with Crippen LogP contribution in [-0.2, 0) is 9.84 Å². The zero-order chi connectivity index (χ0) is 15.6. The predicted octanol–water partition coefficient (Wildman–Crippen LogP) is 3.69. The van der Waals surface area contributed by atoms with Crippen molar-refractivity contribution in [1.29, 1.82) is 0 Å². The Morgan fingerprint density at radius 1 is 1.00 bits per heavy atom. The molecular formula is C16H15ClO3S. The monoisotopic (exact) mass is 322 g/mol. The first-order valence-electron chi connectivity index (χ1n) is 6.43. The Labute approximate surface area is 129 Å². The predicted molar refractivity (Wildman–Crippen MR) is 83.6 cm³/mol.